The van der Waals surface area contributed by atoms with Crippen molar-refractivity contribution in [3.8, 4) is 5.75 Å². The van der Waals surface area contributed by atoms with Crippen LogP contribution >= 0.6 is 0 Å². The van der Waals surface area contributed by atoms with Crippen molar-refractivity contribution in [1.82, 2.24) is 15.5 Å². The first kappa shape index (κ1) is 16.4. The highest BCUT2D eigenvalue weighted by molar-refractivity contribution is 5.94. The maximum atomic E-state index is 12.1. The molecule has 3 rings (SSSR count). The van der Waals surface area contributed by atoms with E-state index in [0.717, 1.165) is 0 Å². The average molecular weight is 330 g/mol. The third kappa shape index (κ3) is 4.32. The number of nitrogens with one attached hydrogen (secondary N) is 1. The fraction of sp³-hybridized carbons (Fsp3) is 0.471. The van der Waals surface area contributed by atoms with E-state index >= 15 is 0 Å². The summed E-state index contributed by atoms with van der Waals surface area (Å²) in [6.07, 6.45) is 3.04. The molecule has 0 saturated heterocycles. The summed E-state index contributed by atoms with van der Waals surface area (Å²) in [7, 11) is 0. The summed E-state index contributed by atoms with van der Waals surface area (Å²) in [6.45, 7) is 2.68. The molecule has 0 bridgehead atoms. The summed E-state index contributed by atoms with van der Waals surface area (Å²) >= 11 is 0. The first-order valence-corrected chi connectivity index (χ1v) is 8.23. The van der Waals surface area contributed by atoms with Crippen molar-refractivity contribution in [3.63, 3.8) is 0 Å². The molecule has 1 aromatic carbocycles. The minimum absolute atomic E-state index is 0.0551. The largest absolute Gasteiger partial charge is 0.485 e. The fourth-order valence-corrected chi connectivity index (χ4v) is 2.35. The number of hydrogen-bond donors (Lipinski definition) is 2. The quantitative estimate of drug-likeness (QED) is 0.763. The Labute approximate surface area is 140 Å². The maximum Gasteiger partial charge on any atom is 0.251 e. The molecule has 0 aliphatic heterocycles. The molecule has 24 heavy (non-hydrogen) atoms. The monoisotopic (exact) mass is 330 g/mol. The molecule has 7 heteroatoms. The zero-order valence-electron chi connectivity index (χ0n) is 13.7. The van der Waals surface area contributed by atoms with E-state index in [1.165, 1.54) is 12.8 Å². The molecule has 1 unspecified atom stereocenters. The molecule has 1 aliphatic rings. The summed E-state index contributed by atoms with van der Waals surface area (Å²) in [5.41, 5.74) is 6.56. The lowest BCUT2D eigenvalue weighted by Gasteiger charge is -2.11. The SMILES string of the molecule is CCc1nc(COc2ccc(C(=O)NCC(N)C3CC3)cc2)no1. The summed E-state index contributed by atoms with van der Waals surface area (Å²) in [5, 5.41) is 6.69. The van der Waals surface area contributed by atoms with Gasteiger partial charge in [-0.25, -0.2) is 0 Å². The van der Waals surface area contributed by atoms with E-state index in [2.05, 4.69) is 15.5 Å². The van der Waals surface area contributed by atoms with Crippen LogP contribution in [0.5, 0.6) is 5.75 Å². The van der Waals surface area contributed by atoms with E-state index < -0.39 is 0 Å². The number of aryl methyl sites for hydroxylation is 1. The number of hydrogen-bond acceptors (Lipinski definition) is 6. The van der Waals surface area contributed by atoms with E-state index in [1.807, 2.05) is 6.92 Å². The molecule has 0 radical (unpaired) electrons. The molecule has 1 atom stereocenters. The van der Waals surface area contributed by atoms with Crippen LogP contribution in [-0.2, 0) is 13.0 Å². The van der Waals surface area contributed by atoms with Crippen molar-refractivity contribution < 1.29 is 14.1 Å². The lowest BCUT2D eigenvalue weighted by Crippen LogP contribution is -2.38. The fourth-order valence-electron chi connectivity index (χ4n) is 2.35. The molecule has 0 spiro atoms. The molecule has 3 N–H and O–H groups in total. The first-order valence-electron chi connectivity index (χ1n) is 8.23. The van der Waals surface area contributed by atoms with Crippen molar-refractivity contribution >= 4 is 5.91 Å². The second-order valence-electron chi connectivity index (χ2n) is 5.98. The van der Waals surface area contributed by atoms with Gasteiger partial charge >= 0.3 is 0 Å². The topological polar surface area (TPSA) is 103 Å². The lowest BCUT2D eigenvalue weighted by molar-refractivity contribution is 0.0950. The molecular formula is C17H22N4O3. The van der Waals surface area contributed by atoms with E-state index in [9.17, 15) is 4.79 Å². The second-order valence-corrected chi connectivity index (χ2v) is 5.98. The van der Waals surface area contributed by atoms with Gasteiger partial charge in [-0.05, 0) is 43.0 Å². The van der Waals surface area contributed by atoms with Crippen molar-refractivity contribution in [2.24, 2.45) is 11.7 Å². The summed E-state index contributed by atoms with van der Waals surface area (Å²) < 4.78 is 10.6. The number of rotatable bonds is 8. The molecule has 2 aromatic rings. The van der Waals surface area contributed by atoms with Crippen LogP contribution in [0.2, 0.25) is 0 Å². The van der Waals surface area contributed by atoms with E-state index in [-0.39, 0.29) is 18.6 Å². The summed E-state index contributed by atoms with van der Waals surface area (Å²) in [5.74, 6) is 2.18. The van der Waals surface area contributed by atoms with Crippen LogP contribution in [0.4, 0.5) is 0 Å². The van der Waals surface area contributed by atoms with Gasteiger partial charge in [0.25, 0.3) is 5.91 Å². The van der Waals surface area contributed by atoms with Gasteiger partial charge in [0.15, 0.2) is 6.61 Å². The van der Waals surface area contributed by atoms with Gasteiger partial charge < -0.3 is 20.3 Å². The maximum absolute atomic E-state index is 12.1. The zero-order chi connectivity index (χ0) is 16.9. The van der Waals surface area contributed by atoms with Gasteiger partial charge in [0.1, 0.15) is 5.75 Å². The highest BCUT2D eigenvalue weighted by atomic mass is 16.5. The zero-order valence-corrected chi connectivity index (χ0v) is 13.7. The summed E-state index contributed by atoms with van der Waals surface area (Å²) in [4.78, 5) is 16.2. The number of nitrogens with zero attached hydrogens (tertiary/aromatic N) is 2. The van der Waals surface area contributed by atoms with Crippen LogP contribution in [0.1, 0.15) is 41.8 Å². The number of carbonyl (C=O) groups excluding carboxylic acids is 1. The Morgan fingerprint density at radius 2 is 2.17 bits per heavy atom. The van der Waals surface area contributed by atoms with Gasteiger partial charge in [0.2, 0.25) is 11.7 Å². The van der Waals surface area contributed by atoms with Crippen LogP contribution in [0.15, 0.2) is 28.8 Å². The minimum atomic E-state index is -0.122. The highest BCUT2D eigenvalue weighted by Crippen LogP contribution is 2.31. The predicted molar refractivity (Wildman–Crippen MR) is 87.5 cm³/mol. The van der Waals surface area contributed by atoms with Crippen molar-refractivity contribution in [1.29, 1.82) is 0 Å². The van der Waals surface area contributed by atoms with Crippen molar-refractivity contribution in [2.75, 3.05) is 6.54 Å². The molecule has 1 aromatic heterocycles. The lowest BCUT2D eigenvalue weighted by atomic mass is 10.1. The van der Waals surface area contributed by atoms with E-state index in [1.54, 1.807) is 24.3 Å². The number of aromatic nitrogens is 2. The van der Waals surface area contributed by atoms with Gasteiger partial charge in [0.05, 0.1) is 0 Å². The number of amides is 1. The van der Waals surface area contributed by atoms with E-state index in [4.69, 9.17) is 15.0 Å². The normalized spacial score (nSPS) is 15.1. The summed E-state index contributed by atoms with van der Waals surface area (Å²) in [6, 6.07) is 6.99. The molecule has 1 fully saturated rings. The third-order valence-electron chi connectivity index (χ3n) is 4.02. The Kier molecular flexibility index (Phi) is 5.10. The van der Waals surface area contributed by atoms with Crippen molar-refractivity contribution in [2.45, 2.75) is 38.8 Å². The first-order chi connectivity index (χ1) is 11.7. The Morgan fingerprint density at radius 1 is 1.42 bits per heavy atom. The number of carbonyl (C=O) groups is 1. The Balaban J connectivity index is 1.47. The van der Waals surface area contributed by atoms with E-state index in [0.29, 0.717) is 41.9 Å². The van der Waals surface area contributed by atoms with Gasteiger partial charge in [0, 0.05) is 24.6 Å². The van der Waals surface area contributed by atoms with Gasteiger partial charge in [-0.2, -0.15) is 4.98 Å². The average Bonchev–Trinajstić information content (AvgIpc) is 3.36. The van der Waals surface area contributed by atoms with Crippen molar-refractivity contribution in [3.05, 3.63) is 41.5 Å². The predicted octanol–water partition coefficient (Wildman–Crippen LogP) is 1.68. The third-order valence-corrected chi connectivity index (χ3v) is 4.02. The smallest absolute Gasteiger partial charge is 0.251 e. The number of nitrogens with two attached hydrogens (primary N) is 1. The van der Waals surface area contributed by atoms with Crippen LogP contribution < -0.4 is 15.8 Å². The highest BCUT2D eigenvalue weighted by Gasteiger charge is 2.28. The molecule has 1 saturated carbocycles. The van der Waals surface area contributed by atoms with Gasteiger partial charge in [-0.15, -0.1) is 0 Å². The standard InChI is InChI=1S/C17H22N4O3/c1-2-16-20-15(21-24-16)10-23-13-7-5-12(6-8-13)17(22)19-9-14(18)11-3-4-11/h5-8,11,14H,2-4,9-10,18H2,1H3,(H,19,22). The Hall–Kier alpha value is -2.41. The molecule has 1 heterocycles. The molecule has 1 aliphatic carbocycles. The number of ether oxygens (including phenoxy) is 1. The second kappa shape index (κ2) is 7.44. The molecular weight excluding hydrogens is 308 g/mol. The molecule has 128 valence electrons. The van der Waals surface area contributed by atoms with Crippen LogP contribution in [-0.4, -0.2) is 28.6 Å². The van der Waals surface area contributed by atoms with Crippen LogP contribution in [0.3, 0.4) is 0 Å². The Bertz CT molecular complexity index is 679. The molecule has 7 nitrogen and oxygen atoms in total. The van der Waals surface area contributed by atoms with Crippen LogP contribution in [0.25, 0.3) is 0 Å². The minimum Gasteiger partial charge on any atom is -0.485 e. The van der Waals surface area contributed by atoms with Crippen LogP contribution in [0, 0.1) is 5.92 Å². The molecule has 1 amide bonds. The van der Waals surface area contributed by atoms with Gasteiger partial charge in [-0.1, -0.05) is 12.1 Å². The Morgan fingerprint density at radius 3 is 2.79 bits per heavy atom. The van der Waals surface area contributed by atoms with Gasteiger partial charge in [-0.3, -0.25) is 4.79 Å². The number of benzene rings is 1.